The van der Waals surface area contributed by atoms with Crippen LogP contribution in [0, 0.1) is 41.8 Å². The maximum atomic E-state index is 14.4. The molecule has 0 N–H and O–H groups in total. The Balaban J connectivity index is 2.20. The monoisotopic (exact) mass is 352 g/mol. The molecule has 0 unspecified atom stereocenters. The van der Waals surface area contributed by atoms with Crippen LogP contribution in [-0.4, -0.2) is 0 Å². The van der Waals surface area contributed by atoms with Crippen LogP contribution in [0.5, 0.6) is 0 Å². The van der Waals surface area contributed by atoms with Gasteiger partial charge in [0.25, 0.3) is 0 Å². The number of hydrogen-bond acceptors (Lipinski definition) is 0. The maximum Gasteiger partial charge on any atom is 0.134 e. The van der Waals surface area contributed by atoms with Crippen LogP contribution in [0.2, 0.25) is 0 Å². The Morgan fingerprint density at radius 3 is 1.28 bits per heavy atom. The van der Waals surface area contributed by atoms with E-state index in [4.69, 9.17) is 0 Å². The number of benzene rings is 3. The summed E-state index contributed by atoms with van der Waals surface area (Å²) in [5.41, 5.74) is -1.67. The van der Waals surface area contributed by atoms with Crippen molar-refractivity contribution in [3.63, 3.8) is 0 Å². The lowest BCUT2D eigenvalue weighted by molar-refractivity contribution is 0.576. The van der Waals surface area contributed by atoms with Gasteiger partial charge in [-0.3, -0.25) is 0 Å². The zero-order valence-corrected chi connectivity index (χ0v) is 12.8. The molecule has 25 heavy (non-hydrogen) atoms. The maximum absolute atomic E-state index is 14.4. The number of hydrogen-bond donors (Lipinski definition) is 0. The average Bonchev–Trinajstić information content (AvgIpc) is 2.44. The summed E-state index contributed by atoms with van der Waals surface area (Å²) in [6.07, 6.45) is 0. The Morgan fingerprint density at radius 1 is 0.480 bits per heavy atom. The van der Waals surface area contributed by atoms with Gasteiger partial charge in [-0.05, 0) is 60.0 Å². The first kappa shape index (κ1) is 17.1. The molecule has 0 aromatic heterocycles. The van der Waals surface area contributed by atoms with Crippen LogP contribution in [0.25, 0.3) is 22.3 Å². The normalized spacial score (nSPS) is 11.0. The van der Waals surface area contributed by atoms with E-state index in [1.165, 1.54) is 6.92 Å². The van der Waals surface area contributed by atoms with Gasteiger partial charge in [-0.1, -0.05) is 0 Å². The van der Waals surface area contributed by atoms with E-state index in [0.29, 0.717) is 11.6 Å². The summed E-state index contributed by atoms with van der Waals surface area (Å²) in [5.74, 6) is -6.34. The Morgan fingerprint density at radius 2 is 0.840 bits per heavy atom. The third-order valence-electron chi connectivity index (χ3n) is 3.67. The second-order valence-corrected chi connectivity index (χ2v) is 5.58. The Bertz CT molecular complexity index is 911. The minimum atomic E-state index is -1.20. The van der Waals surface area contributed by atoms with E-state index < -0.39 is 46.0 Å². The number of rotatable bonds is 2. The summed E-state index contributed by atoms with van der Waals surface area (Å²) >= 11 is 0. The molecule has 0 spiro atoms. The molecule has 128 valence electrons. The predicted octanol–water partition coefficient (Wildman–Crippen LogP) is 6.16. The number of aryl methyl sites for hydroxylation is 1. The molecule has 0 amide bonds. The van der Waals surface area contributed by atoms with Crippen LogP contribution in [0.3, 0.4) is 0 Å². The molecular weight excluding hydrogens is 342 g/mol. The fourth-order valence-electron chi connectivity index (χ4n) is 2.67. The lowest BCUT2D eigenvalue weighted by atomic mass is 9.97. The minimum absolute atomic E-state index is 0.312. The van der Waals surface area contributed by atoms with Crippen molar-refractivity contribution in [1.29, 1.82) is 0 Å². The third-order valence-corrected chi connectivity index (χ3v) is 3.67. The molecule has 0 heterocycles. The molecule has 0 fully saturated rings. The van der Waals surface area contributed by atoms with E-state index in [1.807, 2.05) is 0 Å². The van der Waals surface area contributed by atoms with Crippen LogP contribution >= 0.6 is 0 Å². The summed E-state index contributed by atoms with van der Waals surface area (Å²) in [4.78, 5) is 0. The fourth-order valence-corrected chi connectivity index (χ4v) is 2.67. The highest BCUT2D eigenvalue weighted by atomic mass is 19.2. The molecule has 0 nitrogen and oxygen atoms in total. The first-order valence-electron chi connectivity index (χ1n) is 7.18. The minimum Gasteiger partial charge on any atom is -0.207 e. The highest BCUT2D eigenvalue weighted by molar-refractivity contribution is 5.72. The van der Waals surface area contributed by atoms with Gasteiger partial charge in [0.2, 0.25) is 0 Å². The topological polar surface area (TPSA) is 0 Å². The molecule has 0 atom stereocenters. The van der Waals surface area contributed by atoms with Crippen molar-refractivity contribution in [2.45, 2.75) is 6.92 Å². The van der Waals surface area contributed by atoms with Gasteiger partial charge in [0.15, 0.2) is 0 Å². The van der Waals surface area contributed by atoms with E-state index in [0.717, 1.165) is 36.4 Å². The zero-order chi connectivity index (χ0) is 18.3. The predicted molar refractivity (Wildman–Crippen MR) is 81.8 cm³/mol. The summed E-state index contributed by atoms with van der Waals surface area (Å²) in [6.45, 7) is 1.47. The van der Waals surface area contributed by atoms with E-state index in [2.05, 4.69) is 0 Å². The van der Waals surface area contributed by atoms with Gasteiger partial charge in [0, 0.05) is 6.07 Å². The lowest BCUT2D eigenvalue weighted by Gasteiger charge is -2.11. The van der Waals surface area contributed by atoms with Crippen LogP contribution in [0.4, 0.5) is 26.3 Å². The van der Waals surface area contributed by atoms with Crippen molar-refractivity contribution in [2.75, 3.05) is 0 Å². The van der Waals surface area contributed by atoms with Crippen molar-refractivity contribution in [1.82, 2.24) is 0 Å². The molecule has 0 saturated carbocycles. The van der Waals surface area contributed by atoms with E-state index in [-0.39, 0.29) is 11.1 Å². The Hall–Kier alpha value is -2.76. The SMILES string of the molecule is Cc1cc(F)c(-c2cc(F)c(-c3cc(F)cc(F)c3)c(F)c2)c(F)c1. The molecule has 3 aromatic rings. The van der Waals surface area contributed by atoms with E-state index in [9.17, 15) is 26.3 Å². The largest absolute Gasteiger partial charge is 0.207 e. The van der Waals surface area contributed by atoms with Gasteiger partial charge in [-0.15, -0.1) is 0 Å². The summed E-state index contributed by atoms with van der Waals surface area (Å²) in [6, 6.07) is 5.59. The van der Waals surface area contributed by atoms with Gasteiger partial charge < -0.3 is 0 Å². The fraction of sp³-hybridized carbons (Fsp3) is 0.0526. The van der Waals surface area contributed by atoms with Crippen LogP contribution in [-0.2, 0) is 0 Å². The molecule has 3 rings (SSSR count). The van der Waals surface area contributed by atoms with E-state index in [1.54, 1.807) is 0 Å². The van der Waals surface area contributed by atoms with Crippen LogP contribution in [0.1, 0.15) is 5.56 Å². The summed E-state index contributed by atoms with van der Waals surface area (Å²) in [5, 5.41) is 0. The van der Waals surface area contributed by atoms with Crippen LogP contribution < -0.4 is 0 Å². The average molecular weight is 352 g/mol. The molecule has 0 aliphatic heterocycles. The molecule has 0 bridgehead atoms. The Labute approximate surface area is 139 Å². The second kappa shape index (κ2) is 6.27. The van der Waals surface area contributed by atoms with Gasteiger partial charge >= 0.3 is 0 Å². The van der Waals surface area contributed by atoms with Gasteiger partial charge in [-0.25, -0.2) is 26.3 Å². The van der Waals surface area contributed by atoms with Crippen molar-refractivity contribution in [3.05, 3.63) is 82.9 Å². The lowest BCUT2D eigenvalue weighted by Crippen LogP contribution is -1.97. The molecule has 0 aliphatic carbocycles. The Kier molecular flexibility index (Phi) is 4.29. The first-order valence-corrected chi connectivity index (χ1v) is 7.18. The van der Waals surface area contributed by atoms with E-state index >= 15 is 0 Å². The van der Waals surface area contributed by atoms with Crippen molar-refractivity contribution in [3.8, 4) is 22.3 Å². The molecule has 0 radical (unpaired) electrons. The van der Waals surface area contributed by atoms with Gasteiger partial charge in [0.1, 0.15) is 34.9 Å². The van der Waals surface area contributed by atoms with Crippen LogP contribution in [0.15, 0.2) is 42.5 Å². The smallest absolute Gasteiger partial charge is 0.134 e. The molecule has 0 saturated heterocycles. The summed E-state index contributed by atoms with van der Waals surface area (Å²) in [7, 11) is 0. The van der Waals surface area contributed by atoms with Gasteiger partial charge in [-0.2, -0.15) is 0 Å². The van der Waals surface area contributed by atoms with Crippen molar-refractivity contribution < 1.29 is 26.3 Å². The third kappa shape index (κ3) is 3.24. The first-order chi connectivity index (χ1) is 11.8. The van der Waals surface area contributed by atoms with Crippen molar-refractivity contribution >= 4 is 0 Å². The zero-order valence-electron chi connectivity index (χ0n) is 12.8. The molecule has 6 heteroatoms. The number of halogens is 6. The van der Waals surface area contributed by atoms with Crippen molar-refractivity contribution in [2.24, 2.45) is 0 Å². The van der Waals surface area contributed by atoms with Gasteiger partial charge in [0.05, 0.1) is 11.1 Å². The highest BCUT2D eigenvalue weighted by Crippen LogP contribution is 2.34. The summed E-state index contributed by atoms with van der Waals surface area (Å²) < 4.78 is 83.3. The molecule has 0 aliphatic rings. The molecular formula is C19H10F6. The second-order valence-electron chi connectivity index (χ2n) is 5.58. The standard InChI is InChI=1S/C19H10F6/c1-9-2-14(22)19(15(23)3-9)11-6-16(24)18(17(25)7-11)10-4-12(20)8-13(21)5-10/h2-8H,1H3. The highest BCUT2D eigenvalue weighted by Gasteiger charge is 2.19. The molecule has 3 aromatic carbocycles. The quantitative estimate of drug-likeness (QED) is 0.484.